The van der Waals surface area contributed by atoms with Crippen LogP contribution in [0.5, 0.6) is 0 Å². The van der Waals surface area contributed by atoms with Gasteiger partial charge in [0.2, 0.25) is 11.7 Å². The van der Waals surface area contributed by atoms with Crippen molar-refractivity contribution in [2.24, 2.45) is 0 Å². The van der Waals surface area contributed by atoms with Crippen LogP contribution in [0.2, 0.25) is 0 Å². The smallest absolute Gasteiger partial charge is 0.341 e. The molecule has 34 heavy (non-hydrogen) atoms. The van der Waals surface area contributed by atoms with Gasteiger partial charge in [-0.25, -0.2) is 4.79 Å². The molecular weight excluding hydrogens is 472 g/mol. The highest BCUT2D eigenvalue weighted by atomic mass is 32.2. The minimum absolute atomic E-state index is 0.119. The molecule has 0 bridgehead atoms. The molecule has 3 heterocycles. The van der Waals surface area contributed by atoms with Gasteiger partial charge in [-0.05, 0) is 42.5 Å². The standard InChI is InChI=1S/C24H22N4O4S2/c1-31-23(30)20-16-9-5-11-18(16)34-22(20)25-19(29)14-33-24-27-26-21(17-10-6-12-32-17)28(24)13-15-7-3-2-4-8-15/h2-4,6-8,10,12H,5,9,11,13-14H2,1H3,(H,25,29). The summed E-state index contributed by atoms with van der Waals surface area (Å²) in [4.78, 5) is 26.3. The second-order valence-corrected chi connectivity index (χ2v) is 9.79. The van der Waals surface area contributed by atoms with Crippen LogP contribution in [-0.4, -0.2) is 39.5 Å². The Morgan fingerprint density at radius 2 is 2.03 bits per heavy atom. The molecular formula is C24H22N4O4S2. The van der Waals surface area contributed by atoms with Crippen LogP contribution in [0.3, 0.4) is 0 Å². The first kappa shape index (κ1) is 22.4. The number of amides is 1. The molecule has 3 aromatic heterocycles. The number of hydrogen-bond donors (Lipinski definition) is 1. The van der Waals surface area contributed by atoms with Crippen molar-refractivity contribution in [3.63, 3.8) is 0 Å². The van der Waals surface area contributed by atoms with Crippen molar-refractivity contribution >= 4 is 40.0 Å². The van der Waals surface area contributed by atoms with E-state index in [0.29, 0.717) is 33.9 Å². The first-order chi connectivity index (χ1) is 16.6. The van der Waals surface area contributed by atoms with Gasteiger partial charge in [-0.3, -0.25) is 9.36 Å². The second-order valence-electron chi connectivity index (χ2n) is 7.75. The summed E-state index contributed by atoms with van der Waals surface area (Å²) in [7, 11) is 1.36. The lowest BCUT2D eigenvalue weighted by Gasteiger charge is -2.10. The van der Waals surface area contributed by atoms with E-state index in [0.717, 1.165) is 35.3 Å². The number of esters is 1. The number of carbonyl (C=O) groups is 2. The van der Waals surface area contributed by atoms with Crippen LogP contribution in [0, 0.1) is 0 Å². The van der Waals surface area contributed by atoms with Gasteiger partial charge >= 0.3 is 5.97 Å². The number of benzene rings is 1. The highest BCUT2D eigenvalue weighted by Crippen LogP contribution is 2.39. The predicted octanol–water partition coefficient (Wildman–Crippen LogP) is 4.65. The molecule has 0 saturated carbocycles. The van der Waals surface area contributed by atoms with Gasteiger partial charge in [-0.1, -0.05) is 42.1 Å². The molecule has 174 valence electrons. The molecule has 0 fully saturated rings. The molecule has 1 aromatic carbocycles. The van der Waals surface area contributed by atoms with Crippen LogP contribution in [0.4, 0.5) is 5.00 Å². The van der Waals surface area contributed by atoms with Gasteiger partial charge < -0.3 is 14.5 Å². The van der Waals surface area contributed by atoms with Gasteiger partial charge in [0, 0.05) is 4.88 Å². The third kappa shape index (κ3) is 4.51. The molecule has 1 N–H and O–H groups in total. The molecule has 1 aliphatic rings. The first-order valence-electron chi connectivity index (χ1n) is 10.8. The molecule has 0 radical (unpaired) electrons. The summed E-state index contributed by atoms with van der Waals surface area (Å²) in [6.07, 6.45) is 4.37. The number of thioether (sulfide) groups is 1. The summed E-state index contributed by atoms with van der Waals surface area (Å²) >= 11 is 2.75. The summed E-state index contributed by atoms with van der Waals surface area (Å²) in [5.41, 5.74) is 2.58. The Kier molecular flexibility index (Phi) is 6.50. The van der Waals surface area contributed by atoms with E-state index in [9.17, 15) is 9.59 Å². The number of rotatable bonds is 8. The lowest BCUT2D eigenvalue weighted by molar-refractivity contribution is -0.113. The number of fused-ring (bicyclic) bond motifs is 1. The fraction of sp³-hybridized carbons (Fsp3) is 0.250. The predicted molar refractivity (Wildman–Crippen MR) is 130 cm³/mol. The minimum Gasteiger partial charge on any atom is -0.465 e. The van der Waals surface area contributed by atoms with Crippen LogP contribution in [0.15, 0.2) is 58.3 Å². The quantitative estimate of drug-likeness (QED) is 0.281. The van der Waals surface area contributed by atoms with Crippen LogP contribution < -0.4 is 5.32 Å². The molecule has 10 heteroatoms. The maximum atomic E-state index is 12.8. The zero-order chi connectivity index (χ0) is 23.5. The minimum atomic E-state index is -0.409. The largest absolute Gasteiger partial charge is 0.465 e. The molecule has 5 rings (SSSR count). The number of nitrogens with zero attached hydrogens (tertiary/aromatic N) is 3. The average Bonchev–Trinajstić information content (AvgIpc) is 3.63. The number of aryl methyl sites for hydroxylation is 1. The normalized spacial score (nSPS) is 12.5. The molecule has 0 aliphatic heterocycles. The summed E-state index contributed by atoms with van der Waals surface area (Å²) in [5.74, 6) is 0.695. The number of methoxy groups -OCH3 is 1. The Morgan fingerprint density at radius 1 is 1.18 bits per heavy atom. The van der Waals surface area contributed by atoms with Gasteiger partial charge in [0.15, 0.2) is 10.9 Å². The monoisotopic (exact) mass is 494 g/mol. The van der Waals surface area contributed by atoms with Crippen molar-refractivity contribution in [3.8, 4) is 11.6 Å². The van der Waals surface area contributed by atoms with E-state index in [4.69, 9.17) is 9.15 Å². The number of furan rings is 1. The number of ether oxygens (including phenoxy) is 1. The lowest BCUT2D eigenvalue weighted by Crippen LogP contribution is -2.16. The third-order valence-corrected chi connectivity index (χ3v) is 7.71. The first-order valence-corrected chi connectivity index (χ1v) is 12.6. The van der Waals surface area contributed by atoms with E-state index in [-0.39, 0.29) is 11.7 Å². The van der Waals surface area contributed by atoms with E-state index in [1.807, 2.05) is 41.0 Å². The van der Waals surface area contributed by atoms with E-state index < -0.39 is 5.97 Å². The molecule has 0 spiro atoms. The van der Waals surface area contributed by atoms with Crippen molar-refractivity contribution in [3.05, 3.63) is 70.3 Å². The Morgan fingerprint density at radius 3 is 2.79 bits per heavy atom. The number of hydrogen-bond acceptors (Lipinski definition) is 8. The summed E-state index contributed by atoms with van der Waals surface area (Å²) in [5, 5.41) is 12.7. The topological polar surface area (TPSA) is 99.2 Å². The Hall–Kier alpha value is -3.37. The maximum Gasteiger partial charge on any atom is 0.341 e. The fourth-order valence-electron chi connectivity index (χ4n) is 4.00. The number of anilines is 1. The van der Waals surface area contributed by atoms with Crippen LogP contribution in [0.25, 0.3) is 11.6 Å². The molecule has 0 saturated heterocycles. The van der Waals surface area contributed by atoms with Gasteiger partial charge in [-0.15, -0.1) is 21.5 Å². The molecule has 0 atom stereocenters. The van der Waals surface area contributed by atoms with E-state index in [1.54, 1.807) is 12.3 Å². The second kappa shape index (κ2) is 9.86. The van der Waals surface area contributed by atoms with E-state index in [1.165, 1.54) is 30.2 Å². The van der Waals surface area contributed by atoms with Gasteiger partial charge in [0.05, 0.1) is 31.2 Å². The molecule has 8 nitrogen and oxygen atoms in total. The zero-order valence-electron chi connectivity index (χ0n) is 18.4. The van der Waals surface area contributed by atoms with Gasteiger partial charge in [0.1, 0.15) is 5.00 Å². The molecule has 0 unspecified atom stereocenters. The number of carbonyl (C=O) groups excluding carboxylic acids is 2. The number of aromatic nitrogens is 3. The van der Waals surface area contributed by atoms with E-state index >= 15 is 0 Å². The fourth-order valence-corrected chi connectivity index (χ4v) is 6.03. The highest BCUT2D eigenvalue weighted by molar-refractivity contribution is 7.99. The summed E-state index contributed by atoms with van der Waals surface area (Å²) in [6.45, 7) is 0.540. The van der Waals surface area contributed by atoms with Crippen molar-refractivity contribution in [2.45, 2.75) is 31.0 Å². The van der Waals surface area contributed by atoms with Crippen molar-refractivity contribution < 1.29 is 18.7 Å². The Balaban J connectivity index is 1.34. The highest BCUT2D eigenvalue weighted by Gasteiger charge is 2.28. The SMILES string of the molecule is COC(=O)c1c(NC(=O)CSc2nnc(-c3ccco3)n2Cc2ccccc2)sc2c1CCC2. The Bertz CT molecular complexity index is 1310. The van der Waals surface area contributed by atoms with Gasteiger partial charge in [0.25, 0.3) is 0 Å². The molecule has 4 aromatic rings. The van der Waals surface area contributed by atoms with E-state index in [2.05, 4.69) is 15.5 Å². The Labute approximate surface area is 204 Å². The average molecular weight is 495 g/mol. The van der Waals surface area contributed by atoms with Crippen LogP contribution in [0.1, 0.15) is 32.8 Å². The lowest BCUT2D eigenvalue weighted by atomic mass is 10.1. The zero-order valence-corrected chi connectivity index (χ0v) is 20.1. The maximum absolute atomic E-state index is 12.8. The number of thiophene rings is 1. The summed E-state index contributed by atoms with van der Waals surface area (Å²) < 4.78 is 12.4. The number of nitrogens with one attached hydrogen (secondary N) is 1. The van der Waals surface area contributed by atoms with Crippen molar-refractivity contribution in [2.75, 3.05) is 18.2 Å². The summed E-state index contributed by atoms with van der Waals surface area (Å²) in [6, 6.07) is 13.6. The van der Waals surface area contributed by atoms with Crippen molar-refractivity contribution in [1.29, 1.82) is 0 Å². The van der Waals surface area contributed by atoms with Crippen molar-refractivity contribution in [1.82, 2.24) is 14.8 Å². The third-order valence-electron chi connectivity index (χ3n) is 5.54. The molecule has 1 aliphatic carbocycles. The molecule has 1 amide bonds. The van der Waals surface area contributed by atoms with Gasteiger partial charge in [-0.2, -0.15) is 0 Å². The van der Waals surface area contributed by atoms with Crippen LogP contribution >= 0.6 is 23.1 Å². The van der Waals surface area contributed by atoms with Crippen LogP contribution in [-0.2, 0) is 28.9 Å².